The van der Waals surface area contributed by atoms with E-state index in [0.29, 0.717) is 18.1 Å². The Hall–Kier alpha value is -2.70. The van der Waals surface area contributed by atoms with E-state index in [1.165, 1.54) is 0 Å². The van der Waals surface area contributed by atoms with Gasteiger partial charge in [0.2, 0.25) is 0 Å². The number of rotatable bonds is 10. The van der Waals surface area contributed by atoms with Crippen molar-refractivity contribution in [2.45, 2.75) is 26.2 Å². The average Bonchev–Trinajstić information content (AvgIpc) is 2.67. The summed E-state index contributed by atoms with van der Waals surface area (Å²) in [6, 6.07) is 5.91. The topological polar surface area (TPSA) is 85.5 Å². The fraction of sp³-hybridized carbons (Fsp3) is 0.474. The molecule has 1 heterocycles. The lowest BCUT2D eigenvalue weighted by atomic mass is 10.1. The van der Waals surface area contributed by atoms with Gasteiger partial charge in [-0.1, -0.05) is 19.4 Å². The number of unbranched alkanes of at least 4 members (excludes halogenated alkanes) is 1. The van der Waals surface area contributed by atoms with Crippen LogP contribution >= 0.6 is 0 Å². The van der Waals surface area contributed by atoms with Gasteiger partial charge in [0.25, 0.3) is 0 Å². The van der Waals surface area contributed by atoms with Gasteiger partial charge in [-0.3, -0.25) is 0 Å². The van der Waals surface area contributed by atoms with Crippen molar-refractivity contribution < 1.29 is 9.47 Å². The molecule has 0 aliphatic carbocycles. The molecule has 0 saturated heterocycles. The first-order valence-electron chi connectivity index (χ1n) is 8.87. The Balaban J connectivity index is 1.99. The first-order valence-corrected chi connectivity index (χ1v) is 8.87. The van der Waals surface area contributed by atoms with Crippen molar-refractivity contribution in [2.24, 2.45) is 0 Å². The largest absolute Gasteiger partial charge is 0.493 e. The first-order chi connectivity index (χ1) is 12.6. The van der Waals surface area contributed by atoms with Gasteiger partial charge >= 0.3 is 0 Å². The molecule has 0 amide bonds. The van der Waals surface area contributed by atoms with Crippen molar-refractivity contribution in [2.75, 3.05) is 50.3 Å². The Morgan fingerprint density at radius 3 is 2.62 bits per heavy atom. The first kappa shape index (κ1) is 19.6. The molecular formula is C19H29N5O2. The van der Waals surface area contributed by atoms with E-state index in [4.69, 9.17) is 15.2 Å². The highest BCUT2D eigenvalue weighted by Crippen LogP contribution is 2.28. The molecule has 142 valence electrons. The van der Waals surface area contributed by atoms with Crippen LogP contribution < -0.4 is 25.4 Å². The number of aromatic nitrogens is 2. The van der Waals surface area contributed by atoms with E-state index in [9.17, 15) is 0 Å². The van der Waals surface area contributed by atoms with Crippen molar-refractivity contribution in [3.8, 4) is 11.5 Å². The molecule has 7 nitrogen and oxygen atoms in total. The summed E-state index contributed by atoms with van der Waals surface area (Å²) in [6.45, 7) is 3.79. The van der Waals surface area contributed by atoms with Gasteiger partial charge in [0.05, 0.1) is 14.2 Å². The zero-order valence-electron chi connectivity index (χ0n) is 16.1. The second-order valence-corrected chi connectivity index (χ2v) is 6.10. The maximum atomic E-state index is 6.25. The van der Waals surface area contributed by atoms with Crippen LogP contribution in [0.2, 0.25) is 0 Å². The SMILES string of the molecule is CCCCN(C)c1ncnc(NCCc2ccc(OC)c(OC)c2)c1N. The van der Waals surface area contributed by atoms with Crippen LogP contribution in [0.4, 0.5) is 17.3 Å². The smallest absolute Gasteiger partial charge is 0.160 e. The third-order valence-electron chi connectivity index (χ3n) is 4.23. The molecule has 0 fully saturated rings. The summed E-state index contributed by atoms with van der Waals surface area (Å²) in [5, 5.41) is 3.30. The van der Waals surface area contributed by atoms with Crippen LogP contribution in [-0.4, -0.2) is 44.3 Å². The number of ether oxygens (including phenoxy) is 2. The second-order valence-electron chi connectivity index (χ2n) is 6.10. The van der Waals surface area contributed by atoms with Gasteiger partial charge in [-0.15, -0.1) is 0 Å². The van der Waals surface area contributed by atoms with E-state index in [2.05, 4.69) is 27.1 Å². The predicted molar refractivity (Wildman–Crippen MR) is 106 cm³/mol. The van der Waals surface area contributed by atoms with Crippen molar-refractivity contribution in [3.63, 3.8) is 0 Å². The number of hydrogen-bond donors (Lipinski definition) is 2. The number of hydrogen-bond acceptors (Lipinski definition) is 7. The van der Waals surface area contributed by atoms with Gasteiger partial charge in [-0.25, -0.2) is 9.97 Å². The molecule has 26 heavy (non-hydrogen) atoms. The molecule has 1 aromatic carbocycles. The van der Waals surface area contributed by atoms with Crippen LogP contribution in [-0.2, 0) is 6.42 Å². The Morgan fingerprint density at radius 2 is 1.92 bits per heavy atom. The normalized spacial score (nSPS) is 10.5. The summed E-state index contributed by atoms with van der Waals surface area (Å²) in [5.41, 5.74) is 7.98. The Labute approximate surface area is 155 Å². The number of benzene rings is 1. The molecule has 0 spiro atoms. The van der Waals surface area contributed by atoms with Crippen molar-refractivity contribution >= 4 is 17.3 Å². The van der Waals surface area contributed by atoms with Crippen molar-refractivity contribution in [1.82, 2.24) is 9.97 Å². The lowest BCUT2D eigenvalue weighted by molar-refractivity contribution is 0.354. The zero-order chi connectivity index (χ0) is 18.9. The average molecular weight is 359 g/mol. The minimum atomic E-state index is 0.582. The van der Waals surface area contributed by atoms with Crippen molar-refractivity contribution in [1.29, 1.82) is 0 Å². The number of nitrogens with one attached hydrogen (secondary N) is 1. The Morgan fingerprint density at radius 1 is 1.15 bits per heavy atom. The third-order valence-corrected chi connectivity index (χ3v) is 4.23. The number of anilines is 3. The maximum absolute atomic E-state index is 6.25. The minimum absolute atomic E-state index is 0.582. The summed E-state index contributed by atoms with van der Waals surface area (Å²) >= 11 is 0. The van der Waals surface area contributed by atoms with E-state index in [1.807, 2.05) is 25.2 Å². The number of nitrogens with zero attached hydrogens (tertiary/aromatic N) is 3. The van der Waals surface area contributed by atoms with Crippen LogP contribution in [0.3, 0.4) is 0 Å². The van der Waals surface area contributed by atoms with Crippen LogP contribution in [0.15, 0.2) is 24.5 Å². The summed E-state index contributed by atoms with van der Waals surface area (Å²) in [6.07, 6.45) is 4.59. The van der Waals surface area contributed by atoms with E-state index in [-0.39, 0.29) is 0 Å². The summed E-state index contributed by atoms with van der Waals surface area (Å²) in [5.74, 6) is 2.89. The highest BCUT2D eigenvalue weighted by Gasteiger charge is 2.12. The van der Waals surface area contributed by atoms with E-state index >= 15 is 0 Å². The maximum Gasteiger partial charge on any atom is 0.160 e. The molecule has 0 atom stereocenters. The molecule has 2 aromatic rings. The molecule has 0 unspecified atom stereocenters. The summed E-state index contributed by atoms with van der Waals surface area (Å²) < 4.78 is 10.6. The standard InChI is InChI=1S/C19H29N5O2/c1-5-6-11-24(2)19-17(20)18(22-13-23-19)21-10-9-14-7-8-15(25-3)16(12-14)26-4/h7-8,12-13H,5-6,9-11,20H2,1-4H3,(H,21,22,23). The summed E-state index contributed by atoms with van der Waals surface area (Å²) in [4.78, 5) is 10.7. The molecule has 0 saturated carbocycles. The zero-order valence-corrected chi connectivity index (χ0v) is 16.1. The van der Waals surface area contributed by atoms with Gasteiger partial charge in [0, 0.05) is 20.1 Å². The van der Waals surface area contributed by atoms with Crippen LogP contribution in [0.1, 0.15) is 25.3 Å². The third kappa shape index (κ3) is 4.91. The molecule has 3 N–H and O–H groups in total. The van der Waals surface area contributed by atoms with Gasteiger partial charge < -0.3 is 25.4 Å². The van der Waals surface area contributed by atoms with Crippen LogP contribution in [0, 0.1) is 0 Å². The van der Waals surface area contributed by atoms with E-state index in [0.717, 1.165) is 48.7 Å². The minimum Gasteiger partial charge on any atom is -0.493 e. The molecular weight excluding hydrogens is 330 g/mol. The van der Waals surface area contributed by atoms with E-state index < -0.39 is 0 Å². The quantitative estimate of drug-likeness (QED) is 0.674. The fourth-order valence-corrected chi connectivity index (χ4v) is 2.69. The van der Waals surface area contributed by atoms with Gasteiger partial charge in [-0.2, -0.15) is 0 Å². The molecule has 0 aliphatic heterocycles. The second kappa shape index (κ2) is 9.70. The lowest BCUT2D eigenvalue weighted by Crippen LogP contribution is -2.22. The number of nitrogens with two attached hydrogens (primary N) is 1. The molecule has 7 heteroatoms. The molecule has 2 rings (SSSR count). The molecule has 0 radical (unpaired) electrons. The highest BCUT2D eigenvalue weighted by atomic mass is 16.5. The van der Waals surface area contributed by atoms with Crippen LogP contribution in [0.5, 0.6) is 11.5 Å². The van der Waals surface area contributed by atoms with Gasteiger partial charge in [-0.05, 0) is 30.5 Å². The Bertz CT molecular complexity index is 708. The number of methoxy groups -OCH3 is 2. The lowest BCUT2D eigenvalue weighted by Gasteiger charge is -2.20. The predicted octanol–water partition coefficient (Wildman–Crippen LogP) is 2.97. The Kier molecular flexibility index (Phi) is 7.32. The van der Waals surface area contributed by atoms with E-state index in [1.54, 1.807) is 20.5 Å². The molecule has 0 bridgehead atoms. The van der Waals surface area contributed by atoms with Crippen molar-refractivity contribution in [3.05, 3.63) is 30.1 Å². The summed E-state index contributed by atoms with van der Waals surface area (Å²) in [7, 11) is 5.27. The molecule has 0 aliphatic rings. The van der Waals surface area contributed by atoms with Gasteiger partial charge in [0.1, 0.15) is 12.0 Å². The fourth-order valence-electron chi connectivity index (χ4n) is 2.69. The monoisotopic (exact) mass is 359 g/mol. The number of nitrogen functional groups attached to an aromatic ring is 1. The highest BCUT2D eigenvalue weighted by molar-refractivity contribution is 5.74. The van der Waals surface area contributed by atoms with Gasteiger partial charge in [0.15, 0.2) is 23.1 Å². The van der Waals surface area contributed by atoms with Crippen LogP contribution in [0.25, 0.3) is 0 Å². The molecule has 1 aromatic heterocycles.